The minimum Gasteiger partial charge on any atom is -0.353 e. The summed E-state index contributed by atoms with van der Waals surface area (Å²) in [5.74, 6) is -0.534. The Morgan fingerprint density at radius 1 is 1.14 bits per heavy atom. The molecule has 0 unspecified atom stereocenters. The number of halogens is 1. The molecule has 0 spiro atoms. The van der Waals surface area contributed by atoms with Crippen molar-refractivity contribution in [2.45, 2.75) is 26.7 Å². The van der Waals surface area contributed by atoms with Gasteiger partial charge >= 0.3 is 0 Å². The maximum Gasteiger partial charge on any atom is 0.278 e. The van der Waals surface area contributed by atoms with E-state index in [1.165, 1.54) is 37.8 Å². The fraction of sp³-hybridized carbons (Fsp3) is 0.304. The lowest BCUT2D eigenvalue weighted by atomic mass is 10.0. The van der Waals surface area contributed by atoms with Crippen LogP contribution in [0.5, 0.6) is 0 Å². The Balaban J connectivity index is 2.12. The number of rotatable bonds is 10. The van der Waals surface area contributed by atoms with Gasteiger partial charge in [-0.15, -0.1) is 0 Å². The van der Waals surface area contributed by atoms with E-state index in [-0.39, 0.29) is 35.2 Å². The van der Waals surface area contributed by atoms with Crippen molar-refractivity contribution >= 4 is 44.6 Å². The summed E-state index contributed by atoms with van der Waals surface area (Å²) >= 11 is 0. The standard InChI is InChI=1S/C23H28FN7O4S/c1-6-35-30-23(32)16-12-26-22(29-21-7-8-25-13-27-21)11-18(16)28-19-10-17(24)15(14(2)3)9-20(19)31(4)36(5,33)34/h7-14H,6H2,1-5H3,(H,30,32)(H2,25,26,27,28,29). The molecule has 11 nitrogen and oxygen atoms in total. The number of nitrogens with zero attached hydrogens (tertiary/aromatic N) is 4. The van der Waals surface area contributed by atoms with Gasteiger partial charge in [-0.3, -0.25) is 13.9 Å². The van der Waals surface area contributed by atoms with Gasteiger partial charge in [0, 0.05) is 25.5 Å². The largest absolute Gasteiger partial charge is 0.353 e. The molecular weight excluding hydrogens is 489 g/mol. The van der Waals surface area contributed by atoms with Crippen LogP contribution < -0.4 is 20.4 Å². The number of sulfonamides is 1. The molecule has 3 rings (SSSR count). The highest BCUT2D eigenvalue weighted by Crippen LogP contribution is 2.36. The van der Waals surface area contributed by atoms with Crippen LogP contribution >= 0.6 is 0 Å². The van der Waals surface area contributed by atoms with Gasteiger partial charge in [0.15, 0.2) is 0 Å². The highest BCUT2D eigenvalue weighted by molar-refractivity contribution is 7.92. The first-order chi connectivity index (χ1) is 17.0. The molecule has 192 valence electrons. The molecule has 36 heavy (non-hydrogen) atoms. The third-order valence-electron chi connectivity index (χ3n) is 5.14. The highest BCUT2D eigenvalue weighted by atomic mass is 32.2. The summed E-state index contributed by atoms with van der Waals surface area (Å²) in [6.07, 6.45) is 5.26. The number of hydrogen-bond acceptors (Lipinski definition) is 9. The topological polar surface area (TPSA) is 138 Å². The highest BCUT2D eigenvalue weighted by Gasteiger charge is 2.22. The second-order valence-corrected chi connectivity index (χ2v) is 10.1. The van der Waals surface area contributed by atoms with Gasteiger partial charge in [-0.05, 0) is 36.6 Å². The minimum absolute atomic E-state index is 0.0815. The van der Waals surface area contributed by atoms with Crippen molar-refractivity contribution in [3.05, 3.63) is 59.9 Å². The van der Waals surface area contributed by atoms with Gasteiger partial charge in [-0.25, -0.2) is 33.2 Å². The van der Waals surface area contributed by atoms with Crippen LogP contribution in [0.3, 0.4) is 0 Å². The Bertz CT molecular complexity index is 1340. The molecule has 0 aliphatic carbocycles. The smallest absolute Gasteiger partial charge is 0.278 e. The van der Waals surface area contributed by atoms with E-state index in [9.17, 15) is 17.6 Å². The fourth-order valence-corrected chi connectivity index (χ4v) is 3.71. The van der Waals surface area contributed by atoms with Crippen molar-refractivity contribution in [1.82, 2.24) is 20.4 Å². The zero-order valence-electron chi connectivity index (χ0n) is 20.5. The van der Waals surface area contributed by atoms with Gasteiger partial charge in [-0.1, -0.05) is 13.8 Å². The van der Waals surface area contributed by atoms with Gasteiger partial charge in [0.2, 0.25) is 10.0 Å². The summed E-state index contributed by atoms with van der Waals surface area (Å²) in [6, 6.07) is 5.82. The molecule has 2 aromatic heterocycles. The summed E-state index contributed by atoms with van der Waals surface area (Å²) in [7, 11) is -2.31. The molecule has 0 saturated carbocycles. The Kier molecular flexibility index (Phi) is 8.37. The monoisotopic (exact) mass is 517 g/mol. The molecule has 0 aliphatic heterocycles. The van der Waals surface area contributed by atoms with Crippen LogP contribution in [0.15, 0.2) is 43.0 Å². The Morgan fingerprint density at radius 3 is 2.50 bits per heavy atom. The summed E-state index contributed by atoms with van der Waals surface area (Å²) in [5.41, 5.74) is 3.29. The van der Waals surface area contributed by atoms with E-state index in [4.69, 9.17) is 4.84 Å². The van der Waals surface area contributed by atoms with Crippen molar-refractivity contribution in [3.63, 3.8) is 0 Å². The lowest BCUT2D eigenvalue weighted by Gasteiger charge is -2.24. The summed E-state index contributed by atoms with van der Waals surface area (Å²) in [5, 5.41) is 6.00. The van der Waals surface area contributed by atoms with Crippen LogP contribution in [-0.4, -0.2) is 49.2 Å². The molecule has 1 aromatic carbocycles. The number of benzene rings is 1. The lowest BCUT2D eigenvalue weighted by Crippen LogP contribution is -2.26. The third kappa shape index (κ3) is 6.43. The molecular formula is C23H28FN7O4S. The summed E-state index contributed by atoms with van der Waals surface area (Å²) in [4.78, 5) is 29.9. The molecule has 3 aromatic rings. The van der Waals surface area contributed by atoms with Gasteiger partial charge in [0.25, 0.3) is 5.91 Å². The second-order valence-electron chi connectivity index (χ2n) is 8.10. The zero-order chi connectivity index (χ0) is 26.5. The van der Waals surface area contributed by atoms with Crippen LogP contribution in [0.2, 0.25) is 0 Å². The number of pyridine rings is 1. The quantitative estimate of drug-likeness (QED) is 0.344. The minimum atomic E-state index is -3.68. The molecule has 2 heterocycles. The molecule has 0 radical (unpaired) electrons. The number of carbonyl (C=O) groups excluding carboxylic acids is 1. The van der Waals surface area contributed by atoms with Crippen molar-refractivity contribution in [2.75, 3.05) is 34.8 Å². The number of carbonyl (C=O) groups is 1. The first-order valence-electron chi connectivity index (χ1n) is 11.0. The van der Waals surface area contributed by atoms with E-state index in [0.717, 1.165) is 10.6 Å². The SMILES string of the molecule is CCONC(=O)c1cnc(Nc2ccncn2)cc1Nc1cc(F)c(C(C)C)cc1N(C)S(C)(=O)=O. The molecule has 0 fully saturated rings. The fourth-order valence-electron chi connectivity index (χ4n) is 3.20. The van der Waals surface area contributed by atoms with Gasteiger partial charge in [0.1, 0.15) is 23.8 Å². The molecule has 0 saturated heterocycles. The molecule has 1 amide bonds. The number of aromatic nitrogens is 3. The van der Waals surface area contributed by atoms with Gasteiger partial charge < -0.3 is 10.6 Å². The predicted molar refractivity (Wildman–Crippen MR) is 136 cm³/mol. The van der Waals surface area contributed by atoms with E-state index < -0.39 is 21.7 Å². The van der Waals surface area contributed by atoms with E-state index in [1.54, 1.807) is 33.0 Å². The average Bonchev–Trinajstić information content (AvgIpc) is 2.82. The number of amides is 1. The van der Waals surface area contributed by atoms with Crippen molar-refractivity contribution in [2.24, 2.45) is 0 Å². The third-order valence-corrected chi connectivity index (χ3v) is 6.33. The number of nitrogens with one attached hydrogen (secondary N) is 3. The maximum atomic E-state index is 15.0. The first kappa shape index (κ1) is 26.8. The van der Waals surface area contributed by atoms with Gasteiger partial charge in [0.05, 0.1) is 35.5 Å². The van der Waals surface area contributed by atoms with Crippen molar-refractivity contribution < 1.29 is 22.4 Å². The molecule has 13 heteroatoms. The lowest BCUT2D eigenvalue weighted by molar-refractivity contribution is 0.0365. The van der Waals surface area contributed by atoms with Crippen LogP contribution in [-0.2, 0) is 14.9 Å². The first-order valence-corrected chi connectivity index (χ1v) is 12.9. The summed E-state index contributed by atoms with van der Waals surface area (Å²) in [6.45, 7) is 5.55. The summed E-state index contributed by atoms with van der Waals surface area (Å²) < 4.78 is 40.7. The maximum absolute atomic E-state index is 15.0. The normalized spacial score (nSPS) is 11.3. The molecule has 3 N–H and O–H groups in total. The number of anilines is 5. The number of hydrogen-bond donors (Lipinski definition) is 3. The Morgan fingerprint density at radius 2 is 1.89 bits per heavy atom. The van der Waals surface area contributed by atoms with Crippen molar-refractivity contribution in [1.29, 1.82) is 0 Å². The Labute approximate surface area is 209 Å². The molecule has 0 aliphatic rings. The van der Waals surface area contributed by atoms with E-state index >= 15 is 0 Å². The average molecular weight is 518 g/mol. The molecule has 0 atom stereocenters. The van der Waals surface area contributed by atoms with E-state index in [1.807, 2.05) is 0 Å². The molecule has 0 bridgehead atoms. The number of hydroxylamine groups is 1. The van der Waals surface area contributed by atoms with E-state index in [0.29, 0.717) is 17.2 Å². The van der Waals surface area contributed by atoms with Crippen LogP contribution in [0, 0.1) is 5.82 Å². The zero-order valence-corrected chi connectivity index (χ0v) is 21.4. The predicted octanol–water partition coefficient (Wildman–Crippen LogP) is 3.70. The van der Waals surface area contributed by atoms with Crippen LogP contribution in [0.4, 0.5) is 33.1 Å². The Hall–Kier alpha value is -3.84. The van der Waals surface area contributed by atoms with Gasteiger partial charge in [-0.2, -0.15) is 0 Å². The van der Waals surface area contributed by atoms with E-state index in [2.05, 4.69) is 31.1 Å². The van der Waals surface area contributed by atoms with Crippen molar-refractivity contribution in [3.8, 4) is 0 Å². The second kappa shape index (κ2) is 11.3. The van der Waals surface area contributed by atoms with Crippen LogP contribution in [0.25, 0.3) is 0 Å². The van der Waals surface area contributed by atoms with Crippen LogP contribution in [0.1, 0.15) is 42.6 Å².